The van der Waals surface area contributed by atoms with Crippen LogP contribution < -0.4 is 4.74 Å². The van der Waals surface area contributed by atoms with Crippen molar-refractivity contribution in [1.82, 2.24) is 4.90 Å². The average Bonchev–Trinajstić information content (AvgIpc) is 2.94. The molecule has 0 unspecified atom stereocenters. The first-order chi connectivity index (χ1) is 10.2. The van der Waals surface area contributed by atoms with Crippen molar-refractivity contribution in [1.29, 1.82) is 0 Å². The molecular weight excluding hydrogens is 290 g/mol. The Hall–Kier alpha value is -1.26. The van der Waals surface area contributed by atoms with Crippen LogP contribution in [0, 0.1) is 0 Å². The highest BCUT2D eigenvalue weighted by molar-refractivity contribution is 6.30. The van der Waals surface area contributed by atoms with Gasteiger partial charge in [0.1, 0.15) is 5.75 Å². The Kier molecular flexibility index (Phi) is 4.36. The lowest BCUT2D eigenvalue weighted by atomic mass is 10.00. The van der Waals surface area contributed by atoms with Gasteiger partial charge in [0.25, 0.3) is 5.91 Å². The van der Waals surface area contributed by atoms with Crippen LogP contribution in [0.2, 0.25) is 5.02 Å². The van der Waals surface area contributed by atoms with Crippen LogP contribution in [-0.4, -0.2) is 42.7 Å². The van der Waals surface area contributed by atoms with Gasteiger partial charge in [-0.15, -0.1) is 0 Å². The van der Waals surface area contributed by atoms with Crippen LogP contribution in [0.5, 0.6) is 5.75 Å². The van der Waals surface area contributed by atoms with Gasteiger partial charge in [-0.2, -0.15) is 0 Å². The average molecular weight is 310 g/mol. The fraction of sp³-hybridized carbons (Fsp3) is 0.562. The fourth-order valence-corrected chi connectivity index (χ4v) is 3.27. The van der Waals surface area contributed by atoms with Gasteiger partial charge in [-0.1, -0.05) is 24.4 Å². The van der Waals surface area contributed by atoms with E-state index in [1.54, 1.807) is 24.3 Å². The first-order valence-corrected chi connectivity index (χ1v) is 7.85. The lowest BCUT2D eigenvalue weighted by molar-refractivity contribution is -0.151. The quantitative estimate of drug-likeness (QED) is 0.862. The summed E-state index contributed by atoms with van der Waals surface area (Å²) in [7, 11) is 0. The molecule has 1 aliphatic heterocycles. The van der Waals surface area contributed by atoms with Crippen molar-refractivity contribution in [2.45, 2.75) is 31.3 Å². The van der Waals surface area contributed by atoms with Crippen LogP contribution in [0.25, 0.3) is 0 Å². The summed E-state index contributed by atoms with van der Waals surface area (Å²) in [4.78, 5) is 14.2. The summed E-state index contributed by atoms with van der Waals surface area (Å²) in [6.07, 6.45) is 4.52. The molecule has 1 aromatic rings. The second kappa shape index (κ2) is 6.24. The number of nitrogens with zero attached hydrogens (tertiary/aromatic N) is 1. The van der Waals surface area contributed by atoms with Crippen molar-refractivity contribution in [3.05, 3.63) is 29.3 Å². The Bertz CT molecular complexity index is 497. The molecule has 3 rings (SSSR count). The van der Waals surface area contributed by atoms with E-state index in [4.69, 9.17) is 21.1 Å². The summed E-state index contributed by atoms with van der Waals surface area (Å²) in [5, 5.41) is 0.657. The minimum Gasteiger partial charge on any atom is -0.484 e. The van der Waals surface area contributed by atoms with Gasteiger partial charge in [0.05, 0.1) is 12.2 Å². The number of amides is 1. The SMILES string of the molecule is O=C(COc1ccc(Cl)cc1)N1CCOC2(CCCC2)C1. The summed E-state index contributed by atoms with van der Waals surface area (Å²) >= 11 is 5.82. The molecule has 1 saturated carbocycles. The van der Waals surface area contributed by atoms with Crippen molar-refractivity contribution in [2.75, 3.05) is 26.3 Å². The Labute approximate surface area is 130 Å². The molecule has 114 valence electrons. The van der Waals surface area contributed by atoms with E-state index in [1.165, 1.54) is 12.8 Å². The van der Waals surface area contributed by atoms with E-state index >= 15 is 0 Å². The van der Waals surface area contributed by atoms with Gasteiger partial charge < -0.3 is 14.4 Å². The van der Waals surface area contributed by atoms with Gasteiger partial charge in [-0.05, 0) is 37.1 Å². The molecular formula is C16H20ClNO3. The second-order valence-corrected chi connectivity index (χ2v) is 6.23. The highest BCUT2D eigenvalue weighted by atomic mass is 35.5. The van der Waals surface area contributed by atoms with Crippen molar-refractivity contribution in [3.63, 3.8) is 0 Å². The monoisotopic (exact) mass is 309 g/mol. The van der Waals surface area contributed by atoms with E-state index in [0.29, 0.717) is 30.5 Å². The summed E-state index contributed by atoms with van der Waals surface area (Å²) < 4.78 is 11.5. The molecule has 0 N–H and O–H groups in total. The normalized spacial score (nSPS) is 20.7. The number of ether oxygens (including phenoxy) is 2. The van der Waals surface area contributed by atoms with Crippen LogP contribution in [0.4, 0.5) is 0 Å². The lowest BCUT2D eigenvalue weighted by Crippen LogP contribution is -2.53. The largest absolute Gasteiger partial charge is 0.484 e. The first kappa shape index (κ1) is 14.7. The topological polar surface area (TPSA) is 38.8 Å². The Morgan fingerprint density at radius 1 is 1.29 bits per heavy atom. The number of halogens is 1. The number of hydrogen-bond donors (Lipinski definition) is 0. The third-order valence-corrected chi connectivity index (χ3v) is 4.54. The summed E-state index contributed by atoms with van der Waals surface area (Å²) in [6.45, 7) is 2.06. The predicted molar refractivity (Wildman–Crippen MR) is 80.7 cm³/mol. The van der Waals surface area contributed by atoms with Gasteiger partial charge in [0, 0.05) is 18.1 Å². The number of carbonyl (C=O) groups is 1. The van der Waals surface area contributed by atoms with E-state index in [-0.39, 0.29) is 18.1 Å². The molecule has 2 fully saturated rings. The molecule has 21 heavy (non-hydrogen) atoms. The zero-order chi connectivity index (χ0) is 14.7. The van der Waals surface area contributed by atoms with Crippen LogP contribution in [0.3, 0.4) is 0 Å². The second-order valence-electron chi connectivity index (χ2n) is 5.80. The lowest BCUT2D eigenvalue weighted by Gasteiger charge is -2.40. The van der Waals surface area contributed by atoms with E-state index in [0.717, 1.165) is 12.8 Å². The maximum Gasteiger partial charge on any atom is 0.260 e. The van der Waals surface area contributed by atoms with Crippen molar-refractivity contribution in [3.8, 4) is 5.75 Å². The van der Waals surface area contributed by atoms with Gasteiger partial charge in [0.15, 0.2) is 6.61 Å². The molecule has 0 atom stereocenters. The summed E-state index contributed by atoms with van der Waals surface area (Å²) in [5.41, 5.74) is -0.0891. The molecule has 1 spiro atoms. The third kappa shape index (κ3) is 3.50. The Morgan fingerprint density at radius 3 is 2.71 bits per heavy atom. The van der Waals surface area contributed by atoms with E-state index in [9.17, 15) is 4.79 Å². The van der Waals surface area contributed by atoms with Crippen LogP contribution in [0.1, 0.15) is 25.7 Å². The molecule has 0 bridgehead atoms. The summed E-state index contributed by atoms with van der Waals surface area (Å²) in [6, 6.07) is 7.05. The van der Waals surface area contributed by atoms with Crippen LogP contribution in [-0.2, 0) is 9.53 Å². The number of benzene rings is 1. The highest BCUT2D eigenvalue weighted by Crippen LogP contribution is 2.35. The van der Waals surface area contributed by atoms with Gasteiger partial charge in [0.2, 0.25) is 0 Å². The van der Waals surface area contributed by atoms with Crippen molar-refractivity contribution in [2.24, 2.45) is 0 Å². The molecule has 4 nitrogen and oxygen atoms in total. The molecule has 1 aromatic carbocycles. The van der Waals surface area contributed by atoms with Crippen LogP contribution >= 0.6 is 11.6 Å². The highest BCUT2D eigenvalue weighted by Gasteiger charge is 2.40. The first-order valence-electron chi connectivity index (χ1n) is 7.47. The molecule has 1 heterocycles. The fourth-order valence-electron chi connectivity index (χ4n) is 3.15. The van der Waals surface area contributed by atoms with E-state index in [1.807, 2.05) is 4.90 Å². The Balaban J connectivity index is 1.54. The summed E-state index contributed by atoms with van der Waals surface area (Å²) in [5.74, 6) is 0.691. The molecule has 1 aliphatic carbocycles. The third-order valence-electron chi connectivity index (χ3n) is 4.29. The standard InChI is InChI=1S/C16H20ClNO3/c17-13-3-5-14(6-4-13)20-11-15(19)18-9-10-21-16(12-18)7-1-2-8-16/h3-6H,1-2,7-12H2. The molecule has 1 saturated heterocycles. The van der Waals surface area contributed by atoms with Crippen molar-refractivity contribution < 1.29 is 14.3 Å². The molecule has 0 radical (unpaired) electrons. The van der Waals surface area contributed by atoms with E-state index in [2.05, 4.69) is 0 Å². The minimum absolute atomic E-state index is 0.0273. The number of hydrogen-bond acceptors (Lipinski definition) is 3. The van der Waals surface area contributed by atoms with E-state index < -0.39 is 0 Å². The van der Waals surface area contributed by atoms with Gasteiger partial charge in [-0.25, -0.2) is 0 Å². The van der Waals surface area contributed by atoms with Crippen molar-refractivity contribution >= 4 is 17.5 Å². The Morgan fingerprint density at radius 2 is 2.00 bits per heavy atom. The molecule has 5 heteroatoms. The van der Waals surface area contributed by atoms with Gasteiger partial charge >= 0.3 is 0 Å². The predicted octanol–water partition coefficient (Wildman–Crippen LogP) is 2.89. The zero-order valence-electron chi connectivity index (χ0n) is 12.0. The smallest absolute Gasteiger partial charge is 0.260 e. The number of rotatable bonds is 3. The maximum atomic E-state index is 12.3. The maximum absolute atomic E-state index is 12.3. The van der Waals surface area contributed by atoms with Gasteiger partial charge in [-0.3, -0.25) is 4.79 Å². The van der Waals surface area contributed by atoms with Crippen LogP contribution in [0.15, 0.2) is 24.3 Å². The molecule has 1 amide bonds. The molecule has 2 aliphatic rings. The number of morpholine rings is 1. The number of carbonyl (C=O) groups excluding carboxylic acids is 1. The zero-order valence-corrected chi connectivity index (χ0v) is 12.8. The minimum atomic E-state index is -0.0891. The molecule has 0 aromatic heterocycles.